The summed E-state index contributed by atoms with van der Waals surface area (Å²) in [5, 5.41) is 16.5. The van der Waals surface area contributed by atoms with E-state index in [-0.39, 0.29) is 29.9 Å². The maximum absolute atomic E-state index is 11.7. The lowest BCUT2D eigenvalue weighted by Gasteiger charge is -2.09. The van der Waals surface area contributed by atoms with Gasteiger partial charge >= 0.3 is 0 Å². The largest absolute Gasteiger partial charge is 0.352 e. The number of benzene rings is 1. The third kappa shape index (κ3) is 4.18. The first-order valence-electron chi connectivity index (χ1n) is 5.88. The van der Waals surface area contributed by atoms with E-state index < -0.39 is 4.92 Å². The lowest BCUT2D eigenvalue weighted by molar-refractivity contribution is -0.384. The molecule has 1 atom stereocenters. The summed E-state index contributed by atoms with van der Waals surface area (Å²) in [6.45, 7) is 2.02. The van der Waals surface area contributed by atoms with Crippen LogP contribution < -0.4 is 10.6 Å². The fourth-order valence-electron chi connectivity index (χ4n) is 1.95. The Morgan fingerprint density at radius 1 is 1.42 bits per heavy atom. The Bertz CT molecular complexity index is 444. The van der Waals surface area contributed by atoms with E-state index in [4.69, 9.17) is 0 Å². The van der Waals surface area contributed by atoms with Crippen LogP contribution in [0.5, 0.6) is 0 Å². The molecular formula is C12H16ClN3O3. The topological polar surface area (TPSA) is 84.3 Å². The van der Waals surface area contributed by atoms with Crippen molar-refractivity contribution in [3.63, 3.8) is 0 Å². The third-order valence-electron chi connectivity index (χ3n) is 3.05. The van der Waals surface area contributed by atoms with Crippen LogP contribution in [0.3, 0.4) is 0 Å². The highest BCUT2D eigenvalue weighted by Gasteiger charge is 2.21. The number of nitrogens with zero attached hydrogens (tertiary/aromatic N) is 1. The van der Waals surface area contributed by atoms with Gasteiger partial charge in [-0.15, -0.1) is 12.4 Å². The fourth-order valence-corrected chi connectivity index (χ4v) is 1.95. The van der Waals surface area contributed by atoms with Gasteiger partial charge < -0.3 is 10.6 Å². The number of carbonyl (C=O) groups is 1. The molecule has 1 aliphatic rings. The molecule has 1 aromatic carbocycles. The van der Waals surface area contributed by atoms with E-state index in [0.717, 1.165) is 25.1 Å². The highest BCUT2D eigenvalue weighted by Crippen LogP contribution is 2.12. The molecule has 1 fully saturated rings. The van der Waals surface area contributed by atoms with E-state index in [9.17, 15) is 14.9 Å². The van der Waals surface area contributed by atoms with Crippen molar-refractivity contribution in [2.75, 3.05) is 13.1 Å². The standard InChI is InChI=1S/C12H15N3O3.ClH/c16-12(10-5-6-13-8-10)14-7-9-1-3-11(4-2-9)15(17)18;/h1-4,10,13H,5-8H2,(H,14,16);1H. The zero-order valence-electron chi connectivity index (χ0n) is 10.3. The van der Waals surface area contributed by atoms with Gasteiger partial charge in [0.25, 0.3) is 5.69 Å². The molecule has 1 aromatic rings. The number of nitro benzene ring substituents is 1. The Morgan fingerprint density at radius 3 is 2.63 bits per heavy atom. The van der Waals surface area contributed by atoms with Gasteiger partial charge in [-0.3, -0.25) is 14.9 Å². The minimum absolute atomic E-state index is 0. The van der Waals surface area contributed by atoms with E-state index in [1.165, 1.54) is 12.1 Å². The maximum atomic E-state index is 11.7. The van der Waals surface area contributed by atoms with Gasteiger partial charge in [0.05, 0.1) is 10.8 Å². The SMILES string of the molecule is Cl.O=C(NCc1ccc([N+](=O)[O-])cc1)C1CCNC1. The molecule has 1 heterocycles. The zero-order chi connectivity index (χ0) is 13.0. The molecule has 0 bridgehead atoms. The van der Waals surface area contributed by atoms with Crippen molar-refractivity contribution in [3.05, 3.63) is 39.9 Å². The van der Waals surface area contributed by atoms with Gasteiger partial charge in [0, 0.05) is 25.2 Å². The van der Waals surface area contributed by atoms with Gasteiger partial charge in [0.1, 0.15) is 0 Å². The molecule has 0 radical (unpaired) electrons. The second-order valence-corrected chi connectivity index (χ2v) is 4.33. The third-order valence-corrected chi connectivity index (χ3v) is 3.05. The lowest BCUT2D eigenvalue weighted by atomic mass is 10.1. The maximum Gasteiger partial charge on any atom is 0.269 e. The first kappa shape index (κ1) is 15.4. The number of carbonyl (C=O) groups excluding carboxylic acids is 1. The fraction of sp³-hybridized carbons (Fsp3) is 0.417. The molecule has 1 saturated heterocycles. The molecule has 2 N–H and O–H groups in total. The van der Waals surface area contributed by atoms with Gasteiger partial charge in [-0.25, -0.2) is 0 Å². The molecule has 104 valence electrons. The monoisotopic (exact) mass is 285 g/mol. The molecule has 0 spiro atoms. The van der Waals surface area contributed by atoms with Gasteiger partial charge in [0.15, 0.2) is 0 Å². The predicted octanol–water partition coefficient (Wildman–Crippen LogP) is 1.24. The average Bonchev–Trinajstić information content (AvgIpc) is 2.90. The van der Waals surface area contributed by atoms with E-state index in [1.807, 2.05) is 0 Å². The Kier molecular flexibility index (Phi) is 5.72. The summed E-state index contributed by atoms with van der Waals surface area (Å²) >= 11 is 0. The van der Waals surface area contributed by atoms with Gasteiger partial charge in [-0.05, 0) is 18.5 Å². The minimum atomic E-state index is -0.438. The highest BCUT2D eigenvalue weighted by molar-refractivity contribution is 5.85. The molecular weight excluding hydrogens is 270 g/mol. The van der Waals surface area contributed by atoms with Crippen LogP contribution in [-0.2, 0) is 11.3 Å². The summed E-state index contributed by atoms with van der Waals surface area (Å²) in [5.74, 6) is 0.0846. The van der Waals surface area contributed by atoms with Crippen LogP contribution in [0.2, 0.25) is 0 Å². The van der Waals surface area contributed by atoms with Gasteiger partial charge in [-0.2, -0.15) is 0 Å². The molecule has 19 heavy (non-hydrogen) atoms. The smallest absolute Gasteiger partial charge is 0.269 e. The molecule has 1 aliphatic heterocycles. The van der Waals surface area contributed by atoms with Crippen molar-refractivity contribution in [2.45, 2.75) is 13.0 Å². The van der Waals surface area contributed by atoms with E-state index in [1.54, 1.807) is 12.1 Å². The second-order valence-electron chi connectivity index (χ2n) is 4.33. The number of amides is 1. The summed E-state index contributed by atoms with van der Waals surface area (Å²) < 4.78 is 0. The molecule has 1 amide bonds. The molecule has 7 heteroatoms. The molecule has 2 rings (SSSR count). The van der Waals surface area contributed by atoms with Crippen LogP contribution in [0.1, 0.15) is 12.0 Å². The van der Waals surface area contributed by atoms with Gasteiger partial charge in [0.2, 0.25) is 5.91 Å². The Morgan fingerprint density at radius 2 is 2.11 bits per heavy atom. The Hall–Kier alpha value is -1.66. The zero-order valence-corrected chi connectivity index (χ0v) is 11.1. The van der Waals surface area contributed by atoms with Crippen LogP contribution in [0.15, 0.2) is 24.3 Å². The van der Waals surface area contributed by atoms with Crippen LogP contribution in [0.4, 0.5) is 5.69 Å². The van der Waals surface area contributed by atoms with E-state index in [0.29, 0.717) is 6.54 Å². The van der Waals surface area contributed by atoms with Crippen LogP contribution in [-0.4, -0.2) is 23.9 Å². The molecule has 0 saturated carbocycles. The Labute approximate surface area is 117 Å². The normalized spacial score (nSPS) is 17.6. The van der Waals surface area contributed by atoms with E-state index >= 15 is 0 Å². The molecule has 6 nitrogen and oxygen atoms in total. The predicted molar refractivity (Wildman–Crippen MR) is 73.2 cm³/mol. The summed E-state index contributed by atoms with van der Waals surface area (Å²) in [6.07, 6.45) is 0.867. The van der Waals surface area contributed by atoms with Crippen LogP contribution in [0.25, 0.3) is 0 Å². The summed E-state index contributed by atoms with van der Waals surface area (Å²) in [7, 11) is 0. The van der Waals surface area contributed by atoms with Crippen molar-refractivity contribution in [1.29, 1.82) is 0 Å². The van der Waals surface area contributed by atoms with Gasteiger partial charge in [-0.1, -0.05) is 12.1 Å². The second kappa shape index (κ2) is 7.06. The first-order chi connectivity index (χ1) is 8.66. The molecule has 0 aromatic heterocycles. The Balaban J connectivity index is 0.00000180. The van der Waals surface area contributed by atoms with E-state index in [2.05, 4.69) is 10.6 Å². The number of hydrogen-bond acceptors (Lipinski definition) is 4. The number of nitro groups is 1. The van der Waals surface area contributed by atoms with Crippen molar-refractivity contribution < 1.29 is 9.72 Å². The number of rotatable bonds is 4. The number of hydrogen-bond donors (Lipinski definition) is 2. The summed E-state index contributed by atoms with van der Waals surface area (Å²) in [4.78, 5) is 21.8. The quantitative estimate of drug-likeness (QED) is 0.644. The van der Waals surface area contributed by atoms with Crippen molar-refractivity contribution in [1.82, 2.24) is 10.6 Å². The number of halogens is 1. The highest BCUT2D eigenvalue weighted by atomic mass is 35.5. The minimum Gasteiger partial charge on any atom is -0.352 e. The first-order valence-corrected chi connectivity index (χ1v) is 5.88. The number of nitrogens with one attached hydrogen (secondary N) is 2. The van der Waals surface area contributed by atoms with Crippen LogP contribution >= 0.6 is 12.4 Å². The molecule has 0 aliphatic carbocycles. The number of non-ortho nitro benzene ring substituents is 1. The summed E-state index contributed by atoms with van der Waals surface area (Å²) in [5.41, 5.74) is 0.921. The lowest BCUT2D eigenvalue weighted by Crippen LogP contribution is -2.31. The molecule has 1 unspecified atom stereocenters. The van der Waals surface area contributed by atoms with Crippen molar-refractivity contribution in [3.8, 4) is 0 Å². The van der Waals surface area contributed by atoms with Crippen molar-refractivity contribution in [2.24, 2.45) is 5.92 Å². The summed E-state index contributed by atoms with van der Waals surface area (Å²) in [6, 6.07) is 6.20. The average molecular weight is 286 g/mol. The van der Waals surface area contributed by atoms with Crippen molar-refractivity contribution >= 4 is 24.0 Å². The van der Waals surface area contributed by atoms with Crippen LogP contribution in [0, 0.1) is 16.0 Å².